The van der Waals surface area contributed by atoms with E-state index in [9.17, 15) is 4.79 Å². The molecule has 0 saturated heterocycles. The summed E-state index contributed by atoms with van der Waals surface area (Å²) in [5.74, 6) is -0.0805. The molecule has 0 unspecified atom stereocenters. The van der Waals surface area contributed by atoms with E-state index in [-0.39, 0.29) is 18.1 Å². The van der Waals surface area contributed by atoms with Crippen molar-refractivity contribution in [3.63, 3.8) is 0 Å². The van der Waals surface area contributed by atoms with Gasteiger partial charge >= 0.3 is 13.3 Å². The van der Waals surface area contributed by atoms with Gasteiger partial charge in [-0.05, 0) is 17.7 Å². The summed E-state index contributed by atoms with van der Waals surface area (Å²) < 4.78 is 9.13. The highest BCUT2D eigenvalue weighted by Crippen LogP contribution is 2.14. The third kappa shape index (κ3) is 4.01. The van der Waals surface area contributed by atoms with Crippen LogP contribution >= 0.6 is 0 Å². The van der Waals surface area contributed by atoms with Crippen molar-refractivity contribution >= 4 is 13.3 Å². The van der Waals surface area contributed by atoms with Crippen molar-refractivity contribution in [3.8, 4) is 5.75 Å². The molecule has 0 bridgehead atoms. The average molecular weight is 210 g/mol. The highest BCUT2D eigenvalue weighted by molar-refractivity contribution is 6.33. The third-order valence-electron chi connectivity index (χ3n) is 1.72. The Bertz CT molecular complexity index is 339. The van der Waals surface area contributed by atoms with E-state index >= 15 is 0 Å². The summed E-state index contributed by atoms with van der Waals surface area (Å²) in [5.41, 5.74) is 0.681. The van der Waals surface area contributed by atoms with Crippen LogP contribution in [0.1, 0.15) is 5.56 Å². The van der Waals surface area contributed by atoms with Crippen molar-refractivity contribution in [2.45, 2.75) is 6.42 Å². The average Bonchev–Trinajstić information content (AvgIpc) is 2.17. The van der Waals surface area contributed by atoms with Gasteiger partial charge in [-0.25, -0.2) is 0 Å². The number of benzene rings is 1. The second-order valence-electron chi connectivity index (χ2n) is 2.84. The van der Waals surface area contributed by atoms with Gasteiger partial charge in [0.1, 0.15) is 5.75 Å². The predicted molar refractivity (Wildman–Crippen MR) is 53.0 cm³/mol. The molecule has 1 aromatic rings. The van der Waals surface area contributed by atoms with Crippen LogP contribution in [0.5, 0.6) is 5.75 Å². The van der Waals surface area contributed by atoms with Gasteiger partial charge in [0.05, 0.1) is 13.5 Å². The van der Waals surface area contributed by atoms with Crippen LogP contribution in [-0.4, -0.2) is 30.4 Å². The molecule has 0 atom stereocenters. The summed E-state index contributed by atoms with van der Waals surface area (Å²) in [6.07, 6.45) is 0.120. The maximum absolute atomic E-state index is 11.0. The number of ether oxygens (including phenoxy) is 1. The Hall–Kier alpha value is -1.53. The van der Waals surface area contributed by atoms with E-state index in [0.717, 1.165) is 0 Å². The van der Waals surface area contributed by atoms with Gasteiger partial charge in [0.25, 0.3) is 0 Å². The number of hydrogen-bond donors (Lipinski definition) is 2. The normalized spacial score (nSPS) is 9.53. The second kappa shape index (κ2) is 5.38. The van der Waals surface area contributed by atoms with Crippen molar-refractivity contribution in [2.75, 3.05) is 7.11 Å². The molecule has 15 heavy (non-hydrogen) atoms. The minimum Gasteiger partial charge on any atom is -0.512 e. The number of esters is 1. The molecule has 0 amide bonds. The maximum Gasteiger partial charge on any atom is 0.707 e. The maximum atomic E-state index is 11.0. The Morgan fingerprint density at radius 1 is 1.47 bits per heavy atom. The zero-order valence-corrected chi connectivity index (χ0v) is 8.21. The van der Waals surface area contributed by atoms with Gasteiger partial charge < -0.3 is 19.4 Å². The van der Waals surface area contributed by atoms with E-state index in [1.54, 1.807) is 18.2 Å². The fourth-order valence-electron chi connectivity index (χ4n) is 1.09. The molecule has 5 nitrogen and oxygen atoms in total. The summed E-state index contributed by atoms with van der Waals surface area (Å²) in [5, 5.41) is 17.1. The Labute approximate surface area is 87.4 Å². The van der Waals surface area contributed by atoms with Crippen LogP contribution in [0.25, 0.3) is 0 Å². The monoisotopic (exact) mass is 210 g/mol. The smallest absolute Gasteiger partial charge is 0.512 e. The van der Waals surface area contributed by atoms with Gasteiger partial charge in [0.2, 0.25) is 0 Å². The summed E-state index contributed by atoms with van der Waals surface area (Å²) in [4.78, 5) is 11.0. The highest BCUT2D eigenvalue weighted by atomic mass is 16.6. The van der Waals surface area contributed by atoms with Gasteiger partial charge in [-0.15, -0.1) is 0 Å². The number of rotatable bonds is 4. The van der Waals surface area contributed by atoms with E-state index in [0.29, 0.717) is 5.56 Å². The van der Waals surface area contributed by atoms with E-state index in [4.69, 9.17) is 10.0 Å². The van der Waals surface area contributed by atoms with E-state index in [2.05, 4.69) is 9.39 Å². The van der Waals surface area contributed by atoms with E-state index < -0.39 is 7.32 Å². The molecule has 0 aliphatic carbocycles. The van der Waals surface area contributed by atoms with E-state index in [1.807, 2.05) is 0 Å². The lowest BCUT2D eigenvalue weighted by atomic mass is 10.1. The topological polar surface area (TPSA) is 76.0 Å². The number of carbonyl (C=O) groups excluding carboxylic acids is 1. The molecule has 0 aliphatic rings. The third-order valence-corrected chi connectivity index (χ3v) is 1.72. The summed E-state index contributed by atoms with van der Waals surface area (Å²) in [7, 11) is -0.557. The molecule has 80 valence electrons. The van der Waals surface area contributed by atoms with Crippen LogP contribution in [-0.2, 0) is 16.0 Å². The van der Waals surface area contributed by atoms with Crippen LogP contribution in [0.4, 0.5) is 0 Å². The number of carbonyl (C=O) groups is 1. The number of methoxy groups -OCH3 is 1. The molecular formula is C9H11BO5. The van der Waals surface area contributed by atoms with Crippen molar-refractivity contribution in [3.05, 3.63) is 29.8 Å². The lowest BCUT2D eigenvalue weighted by Crippen LogP contribution is -2.20. The largest absolute Gasteiger partial charge is 0.707 e. The van der Waals surface area contributed by atoms with Gasteiger partial charge in [0.15, 0.2) is 0 Å². The Kier molecular flexibility index (Phi) is 4.14. The summed E-state index contributed by atoms with van der Waals surface area (Å²) >= 11 is 0. The van der Waals surface area contributed by atoms with Gasteiger partial charge in [0, 0.05) is 0 Å². The first-order chi connectivity index (χ1) is 7.11. The number of hydrogen-bond acceptors (Lipinski definition) is 5. The minimum atomic E-state index is -1.86. The fourth-order valence-corrected chi connectivity index (χ4v) is 1.09. The molecule has 2 N–H and O–H groups in total. The first kappa shape index (κ1) is 11.5. The van der Waals surface area contributed by atoms with Gasteiger partial charge in [-0.2, -0.15) is 0 Å². The molecule has 0 aliphatic heterocycles. The highest BCUT2D eigenvalue weighted by Gasteiger charge is 2.11. The van der Waals surface area contributed by atoms with Crippen LogP contribution < -0.4 is 4.65 Å². The lowest BCUT2D eigenvalue weighted by molar-refractivity contribution is -0.139. The molecular weight excluding hydrogens is 199 g/mol. The van der Waals surface area contributed by atoms with Gasteiger partial charge in [-0.1, -0.05) is 12.1 Å². The SMILES string of the molecule is COC(=O)Cc1cccc(OB(O)O)c1. The second-order valence-corrected chi connectivity index (χ2v) is 2.84. The molecule has 0 heterocycles. The summed E-state index contributed by atoms with van der Waals surface area (Å²) in [6.45, 7) is 0. The molecule has 0 spiro atoms. The molecule has 0 saturated carbocycles. The molecule has 6 heteroatoms. The molecule has 0 radical (unpaired) electrons. The standard InChI is InChI=1S/C9H11BO5/c1-14-9(11)6-7-3-2-4-8(5-7)15-10(12)13/h2-5,12-13H,6H2,1H3. The molecule has 0 aromatic heterocycles. The van der Waals surface area contributed by atoms with Crippen LogP contribution in [0.3, 0.4) is 0 Å². The zero-order chi connectivity index (χ0) is 11.3. The first-order valence-corrected chi connectivity index (χ1v) is 4.30. The Morgan fingerprint density at radius 3 is 2.80 bits per heavy atom. The Balaban J connectivity index is 2.69. The molecule has 0 fully saturated rings. The van der Waals surface area contributed by atoms with Crippen molar-refractivity contribution in [2.24, 2.45) is 0 Å². The first-order valence-electron chi connectivity index (χ1n) is 4.30. The lowest BCUT2D eigenvalue weighted by Gasteiger charge is -2.06. The summed E-state index contributed by atoms with van der Waals surface area (Å²) in [6, 6.07) is 6.46. The molecule has 1 aromatic carbocycles. The Morgan fingerprint density at radius 2 is 2.20 bits per heavy atom. The fraction of sp³-hybridized carbons (Fsp3) is 0.222. The van der Waals surface area contributed by atoms with Crippen molar-refractivity contribution in [1.82, 2.24) is 0 Å². The van der Waals surface area contributed by atoms with Crippen molar-refractivity contribution in [1.29, 1.82) is 0 Å². The van der Waals surface area contributed by atoms with Crippen molar-refractivity contribution < 1.29 is 24.2 Å². The zero-order valence-electron chi connectivity index (χ0n) is 8.21. The van der Waals surface area contributed by atoms with Gasteiger partial charge in [-0.3, -0.25) is 4.79 Å². The predicted octanol–water partition coefficient (Wildman–Crippen LogP) is -0.250. The minimum absolute atomic E-state index is 0.120. The van der Waals surface area contributed by atoms with Crippen LogP contribution in [0.15, 0.2) is 24.3 Å². The quantitative estimate of drug-likeness (QED) is 0.529. The van der Waals surface area contributed by atoms with E-state index in [1.165, 1.54) is 13.2 Å². The van der Waals surface area contributed by atoms with Crippen LogP contribution in [0.2, 0.25) is 0 Å². The van der Waals surface area contributed by atoms with Crippen LogP contribution in [0, 0.1) is 0 Å². The molecule has 1 rings (SSSR count).